The standard InChI is InChI=1S/C14H11ClO3S/c15-12-7-11(5-6-13(12)16)19-8-9-1-3-10(4-2-9)14(17)18/h1-7,16H,8H2,(H,17,18). The zero-order valence-corrected chi connectivity index (χ0v) is 11.4. The van der Waals surface area contributed by atoms with Gasteiger partial charge in [-0.25, -0.2) is 4.79 Å². The van der Waals surface area contributed by atoms with Gasteiger partial charge in [0.2, 0.25) is 0 Å². The highest BCUT2D eigenvalue weighted by atomic mass is 35.5. The third-order valence-electron chi connectivity index (χ3n) is 2.53. The molecule has 2 N–H and O–H groups in total. The van der Waals surface area contributed by atoms with Crippen LogP contribution in [0.5, 0.6) is 5.75 Å². The van der Waals surface area contributed by atoms with Crippen molar-refractivity contribution in [2.45, 2.75) is 10.6 Å². The topological polar surface area (TPSA) is 57.5 Å². The first kappa shape index (κ1) is 13.8. The van der Waals surface area contributed by atoms with Crippen LogP contribution in [0.3, 0.4) is 0 Å². The smallest absolute Gasteiger partial charge is 0.335 e. The van der Waals surface area contributed by atoms with Crippen molar-refractivity contribution in [2.24, 2.45) is 0 Å². The van der Waals surface area contributed by atoms with Crippen LogP contribution in [0.25, 0.3) is 0 Å². The van der Waals surface area contributed by atoms with Crippen LogP contribution in [0.15, 0.2) is 47.4 Å². The molecule has 0 spiro atoms. The normalized spacial score (nSPS) is 10.4. The molecule has 5 heteroatoms. The van der Waals surface area contributed by atoms with Crippen LogP contribution in [0.4, 0.5) is 0 Å². The van der Waals surface area contributed by atoms with Crippen molar-refractivity contribution in [3.8, 4) is 5.75 Å². The SMILES string of the molecule is O=C(O)c1ccc(CSc2ccc(O)c(Cl)c2)cc1. The van der Waals surface area contributed by atoms with Crippen molar-refractivity contribution in [2.75, 3.05) is 0 Å². The van der Waals surface area contributed by atoms with Crippen LogP contribution in [-0.4, -0.2) is 16.2 Å². The molecule has 98 valence electrons. The second-order valence-electron chi connectivity index (χ2n) is 3.90. The van der Waals surface area contributed by atoms with E-state index in [4.69, 9.17) is 16.7 Å². The molecule has 0 fully saturated rings. The fourth-order valence-corrected chi connectivity index (χ4v) is 2.62. The lowest BCUT2D eigenvalue weighted by Crippen LogP contribution is -1.95. The third-order valence-corrected chi connectivity index (χ3v) is 3.89. The number of carboxylic acids is 1. The number of aromatic hydroxyl groups is 1. The Morgan fingerprint density at radius 2 is 1.84 bits per heavy atom. The van der Waals surface area contributed by atoms with Gasteiger partial charge in [0.25, 0.3) is 0 Å². The first-order valence-corrected chi connectivity index (χ1v) is 6.86. The van der Waals surface area contributed by atoms with E-state index in [0.717, 1.165) is 10.5 Å². The highest BCUT2D eigenvalue weighted by Crippen LogP contribution is 2.30. The van der Waals surface area contributed by atoms with Crippen molar-refractivity contribution < 1.29 is 15.0 Å². The second kappa shape index (κ2) is 5.99. The molecule has 0 heterocycles. The molecular weight excluding hydrogens is 284 g/mol. The summed E-state index contributed by atoms with van der Waals surface area (Å²) in [4.78, 5) is 11.7. The summed E-state index contributed by atoms with van der Waals surface area (Å²) in [6.45, 7) is 0. The Balaban J connectivity index is 2.01. The largest absolute Gasteiger partial charge is 0.506 e. The number of hydrogen-bond acceptors (Lipinski definition) is 3. The van der Waals surface area contributed by atoms with Crippen molar-refractivity contribution >= 4 is 29.3 Å². The van der Waals surface area contributed by atoms with Gasteiger partial charge >= 0.3 is 5.97 Å². The first-order valence-electron chi connectivity index (χ1n) is 5.50. The maximum absolute atomic E-state index is 10.7. The predicted octanol–water partition coefficient (Wildman–Crippen LogP) is 4.04. The van der Waals surface area contributed by atoms with Crippen molar-refractivity contribution in [1.82, 2.24) is 0 Å². The van der Waals surface area contributed by atoms with Gasteiger partial charge < -0.3 is 10.2 Å². The van der Waals surface area contributed by atoms with Gasteiger partial charge in [0.05, 0.1) is 10.6 Å². The molecular formula is C14H11ClO3S. The summed E-state index contributed by atoms with van der Waals surface area (Å²) in [6, 6.07) is 11.8. The number of carboxylic acid groups (broad SMARTS) is 1. The van der Waals surface area contributed by atoms with Gasteiger partial charge in [0.15, 0.2) is 0 Å². The zero-order valence-electron chi connectivity index (χ0n) is 9.84. The molecule has 0 aliphatic heterocycles. The summed E-state index contributed by atoms with van der Waals surface area (Å²) < 4.78 is 0. The molecule has 0 aromatic heterocycles. The number of rotatable bonds is 4. The number of phenolic OH excluding ortho intramolecular Hbond substituents is 1. The molecule has 2 aromatic rings. The van der Waals surface area contributed by atoms with E-state index < -0.39 is 5.97 Å². The van der Waals surface area contributed by atoms with Crippen molar-refractivity contribution in [3.05, 3.63) is 58.6 Å². The van der Waals surface area contributed by atoms with Crippen molar-refractivity contribution in [1.29, 1.82) is 0 Å². The Kier molecular flexibility index (Phi) is 4.35. The van der Waals surface area contributed by atoms with Gasteiger partial charge in [-0.1, -0.05) is 23.7 Å². The fraction of sp³-hybridized carbons (Fsp3) is 0.0714. The van der Waals surface area contributed by atoms with Gasteiger partial charge in [-0.3, -0.25) is 0 Å². The van der Waals surface area contributed by atoms with E-state index in [0.29, 0.717) is 10.8 Å². The Morgan fingerprint density at radius 1 is 1.16 bits per heavy atom. The zero-order chi connectivity index (χ0) is 13.8. The van der Waals surface area contributed by atoms with E-state index in [9.17, 15) is 9.90 Å². The van der Waals surface area contributed by atoms with E-state index in [-0.39, 0.29) is 11.3 Å². The summed E-state index contributed by atoms with van der Waals surface area (Å²) in [5, 5.41) is 18.4. The highest BCUT2D eigenvalue weighted by molar-refractivity contribution is 7.98. The van der Waals surface area contributed by atoms with Gasteiger partial charge in [0, 0.05) is 10.6 Å². The van der Waals surface area contributed by atoms with Crippen LogP contribution >= 0.6 is 23.4 Å². The molecule has 3 nitrogen and oxygen atoms in total. The lowest BCUT2D eigenvalue weighted by atomic mass is 10.1. The maximum atomic E-state index is 10.7. The van der Waals surface area contributed by atoms with Crippen LogP contribution in [0, 0.1) is 0 Å². The predicted molar refractivity (Wildman–Crippen MR) is 76.1 cm³/mol. The Morgan fingerprint density at radius 3 is 2.42 bits per heavy atom. The second-order valence-corrected chi connectivity index (χ2v) is 5.36. The van der Waals surface area contributed by atoms with Gasteiger partial charge in [0.1, 0.15) is 5.75 Å². The fourth-order valence-electron chi connectivity index (χ4n) is 1.49. The minimum atomic E-state index is -0.926. The monoisotopic (exact) mass is 294 g/mol. The molecule has 19 heavy (non-hydrogen) atoms. The molecule has 2 aromatic carbocycles. The molecule has 0 saturated carbocycles. The minimum absolute atomic E-state index is 0.0665. The Hall–Kier alpha value is -1.65. The number of benzene rings is 2. The van der Waals surface area contributed by atoms with E-state index in [1.54, 1.807) is 54.2 Å². The quantitative estimate of drug-likeness (QED) is 0.836. The molecule has 0 aliphatic carbocycles. The summed E-state index contributed by atoms with van der Waals surface area (Å²) in [6.07, 6.45) is 0. The van der Waals surface area contributed by atoms with Gasteiger partial charge in [-0.05, 0) is 35.9 Å². The Bertz CT molecular complexity index is 596. The number of halogens is 1. The maximum Gasteiger partial charge on any atom is 0.335 e. The minimum Gasteiger partial charge on any atom is -0.506 e. The lowest BCUT2D eigenvalue weighted by Gasteiger charge is -2.04. The van der Waals surface area contributed by atoms with E-state index in [1.165, 1.54) is 0 Å². The Labute approximate surface area is 119 Å². The summed E-state index contributed by atoms with van der Waals surface area (Å²) in [5.74, 6) is -0.151. The third kappa shape index (κ3) is 3.66. The molecule has 0 aliphatic rings. The van der Waals surface area contributed by atoms with Gasteiger partial charge in [-0.15, -0.1) is 11.8 Å². The highest BCUT2D eigenvalue weighted by Gasteiger charge is 2.03. The number of aromatic carboxylic acids is 1. The molecule has 0 amide bonds. The molecule has 0 saturated heterocycles. The molecule has 0 radical (unpaired) electrons. The van der Waals surface area contributed by atoms with Crippen molar-refractivity contribution in [3.63, 3.8) is 0 Å². The lowest BCUT2D eigenvalue weighted by molar-refractivity contribution is 0.0697. The van der Waals surface area contributed by atoms with Crippen LogP contribution < -0.4 is 0 Å². The molecule has 2 rings (SSSR count). The number of thioether (sulfide) groups is 1. The average molecular weight is 295 g/mol. The number of carbonyl (C=O) groups is 1. The van der Waals surface area contributed by atoms with E-state index in [2.05, 4.69) is 0 Å². The van der Waals surface area contributed by atoms with Crippen LogP contribution in [-0.2, 0) is 5.75 Å². The number of hydrogen-bond donors (Lipinski definition) is 2. The molecule has 0 bridgehead atoms. The first-order chi connectivity index (χ1) is 9.06. The van der Waals surface area contributed by atoms with E-state index in [1.807, 2.05) is 0 Å². The summed E-state index contributed by atoms with van der Waals surface area (Å²) in [7, 11) is 0. The summed E-state index contributed by atoms with van der Waals surface area (Å²) >= 11 is 7.39. The van der Waals surface area contributed by atoms with Crippen LogP contribution in [0.1, 0.15) is 15.9 Å². The molecule has 0 atom stereocenters. The molecule has 0 unspecified atom stereocenters. The number of phenols is 1. The van der Waals surface area contributed by atoms with Crippen LogP contribution in [0.2, 0.25) is 5.02 Å². The van der Waals surface area contributed by atoms with Gasteiger partial charge in [-0.2, -0.15) is 0 Å². The average Bonchev–Trinajstić information content (AvgIpc) is 2.40. The van der Waals surface area contributed by atoms with E-state index >= 15 is 0 Å². The summed E-state index contributed by atoms with van der Waals surface area (Å²) in [5.41, 5.74) is 1.31.